The lowest BCUT2D eigenvalue weighted by Gasteiger charge is -2.18. The number of nitrogens with one attached hydrogen (secondary N) is 2. The molecule has 0 unspecified atom stereocenters. The van der Waals surface area contributed by atoms with Crippen molar-refractivity contribution in [1.29, 1.82) is 0 Å². The minimum Gasteiger partial charge on any atom is -0.347 e. The van der Waals surface area contributed by atoms with E-state index in [9.17, 15) is 9.59 Å². The Hall–Kier alpha value is -3.00. The van der Waals surface area contributed by atoms with Gasteiger partial charge in [0, 0.05) is 24.8 Å². The van der Waals surface area contributed by atoms with Crippen LogP contribution >= 0.6 is 11.3 Å². The standard InChI is InChI=1S/C20H23N5O2S/c1-13(2)11-14(22-19(27)16-7-6-10-25(16)3)20-23-15(12-28-20)18(26)24-17-8-4-5-9-21-17/h4-10,12-14H,11H2,1-3H3,(H,22,27)(H,21,24,26)/t14-/m0/s1. The molecule has 0 aromatic carbocycles. The summed E-state index contributed by atoms with van der Waals surface area (Å²) in [5, 5.41) is 8.19. The maximum Gasteiger partial charge on any atom is 0.276 e. The fourth-order valence-corrected chi connectivity index (χ4v) is 3.65. The average molecular weight is 398 g/mol. The fourth-order valence-electron chi connectivity index (χ4n) is 2.79. The summed E-state index contributed by atoms with van der Waals surface area (Å²) in [5.74, 6) is 0.345. The van der Waals surface area contributed by atoms with Crippen molar-refractivity contribution in [2.45, 2.75) is 26.3 Å². The normalized spacial score (nSPS) is 12.0. The van der Waals surface area contributed by atoms with E-state index in [1.807, 2.05) is 19.3 Å². The lowest BCUT2D eigenvalue weighted by atomic mass is 10.0. The molecule has 7 nitrogen and oxygen atoms in total. The van der Waals surface area contributed by atoms with E-state index in [2.05, 4.69) is 34.4 Å². The molecule has 8 heteroatoms. The number of anilines is 1. The Labute approximate surface area is 167 Å². The van der Waals surface area contributed by atoms with Crippen LogP contribution in [0, 0.1) is 5.92 Å². The Balaban J connectivity index is 1.75. The number of pyridine rings is 1. The van der Waals surface area contributed by atoms with E-state index < -0.39 is 0 Å². The first-order valence-electron chi connectivity index (χ1n) is 9.04. The van der Waals surface area contributed by atoms with Gasteiger partial charge in [-0.25, -0.2) is 9.97 Å². The molecule has 0 spiro atoms. The van der Waals surface area contributed by atoms with Crippen molar-refractivity contribution >= 4 is 29.0 Å². The molecule has 0 aliphatic rings. The third-order valence-electron chi connectivity index (χ3n) is 4.15. The Morgan fingerprint density at radius 1 is 1.18 bits per heavy atom. The highest BCUT2D eigenvalue weighted by molar-refractivity contribution is 7.10. The lowest BCUT2D eigenvalue weighted by Crippen LogP contribution is -2.30. The Morgan fingerprint density at radius 3 is 2.64 bits per heavy atom. The molecule has 0 saturated heterocycles. The Kier molecular flexibility index (Phi) is 6.20. The van der Waals surface area contributed by atoms with Crippen molar-refractivity contribution in [1.82, 2.24) is 19.9 Å². The summed E-state index contributed by atoms with van der Waals surface area (Å²) >= 11 is 1.37. The molecule has 3 rings (SSSR count). The molecular weight excluding hydrogens is 374 g/mol. The molecule has 2 amide bonds. The molecule has 146 valence electrons. The van der Waals surface area contributed by atoms with E-state index in [1.54, 1.807) is 40.4 Å². The number of aryl methyl sites for hydroxylation is 1. The van der Waals surface area contributed by atoms with Gasteiger partial charge in [-0.3, -0.25) is 9.59 Å². The van der Waals surface area contributed by atoms with Crippen molar-refractivity contribution < 1.29 is 9.59 Å². The zero-order valence-electron chi connectivity index (χ0n) is 16.0. The third kappa shape index (κ3) is 4.83. The van der Waals surface area contributed by atoms with Gasteiger partial charge >= 0.3 is 0 Å². The minimum atomic E-state index is -0.321. The average Bonchev–Trinajstić information content (AvgIpc) is 3.31. The lowest BCUT2D eigenvalue weighted by molar-refractivity contribution is 0.0923. The maximum absolute atomic E-state index is 12.6. The molecule has 0 aliphatic carbocycles. The molecule has 3 aromatic heterocycles. The van der Waals surface area contributed by atoms with Gasteiger partial charge in [-0.2, -0.15) is 0 Å². The van der Waals surface area contributed by atoms with Crippen molar-refractivity contribution in [3.05, 3.63) is 64.5 Å². The van der Waals surface area contributed by atoms with Crippen LogP contribution in [-0.2, 0) is 7.05 Å². The van der Waals surface area contributed by atoms with Gasteiger partial charge in [0.1, 0.15) is 22.2 Å². The highest BCUT2D eigenvalue weighted by Crippen LogP contribution is 2.25. The number of hydrogen-bond acceptors (Lipinski definition) is 5. The summed E-state index contributed by atoms with van der Waals surface area (Å²) in [7, 11) is 1.83. The number of carbonyl (C=O) groups excluding carboxylic acids is 2. The minimum absolute atomic E-state index is 0.159. The van der Waals surface area contributed by atoms with Crippen LogP contribution in [0.3, 0.4) is 0 Å². The molecule has 0 radical (unpaired) electrons. The zero-order chi connectivity index (χ0) is 20.1. The first-order chi connectivity index (χ1) is 13.4. The number of aromatic nitrogens is 3. The van der Waals surface area contributed by atoms with E-state index in [-0.39, 0.29) is 17.9 Å². The molecule has 3 aromatic rings. The second-order valence-corrected chi connectivity index (χ2v) is 7.79. The predicted molar refractivity (Wildman–Crippen MR) is 109 cm³/mol. The first kappa shape index (κ1) is 19.8. The number of hydrogen-bond donors (Lipinski definition) is 2. The van der Waals surface area contributed by atoms with Crippen LogP contribution in [0.4, 0.5) is 5.82 Å². The second-order valence-electron chi connectivity index (χ2n) is 6.90. The first-order valence-corrected chi connectivity index (χ1v) is 9.92. The summed E-state index contributed by atoms with van der Waals surface area (Å²) in [6.07, 6.45) is 4.17. The van der Waals surface area contributed by atoms with Gasteiger partial charge in [-0.05, 0) is 36.6 Å². The van der Waals surface area contributed by atoms with Crippen molar-refractivity contribution in [2.75, 3.05) is 5.32 Å². The van der Waals surface area contributed by atoms with Gasteiger partial charge in [-0.15, -0.1) is 11.3 Å². The van der Waals surface area contributed by atoms with Crippen LogP contribution < -0.4 is 10.6 Å². The largest absolute Gasteiger partial charge is 0.347 e. The highest BCUT2D eigenvalue weighted by Gasteiger charge is 2.22. The fraction of sp³-hybridized carbons (Fsp3) is 0.300. The van der Waals surface area contributed by atoms with Gasteiger partial charge < -0.3 is 15.2 Å². The van der Waals surface area contributed by atoms with Crippen LogP contribution in [0.25, 0.3) is 0 Å². The summed E-state index contributed by atoms with van der Waals surface area (Å²) in [6, 6.07) is 8.64. The van der Waals surface area contributed by atoms with Gasteiger partial charge in [0.25, 0.3) is 11.8 Å². The van der Waals surface area contributed by atoms with Crippen molar-refractivity contribution in [3.8, 4) is 0 Å². The molecule has 3 heterocycles. The number of carbonyl (C=O) groups is 2. The number of nitrogens with zero attached hydrogens (tertiary/aromatic N) is 3. The van der Waals surface area contributed by atoms with E-state index in [1.165, 1.54) is 11.3 Å². The van der Waals surface area contributed by atoms with Crippen LogP contribution in [0.5, 0.6) is 0 Å². The van der Waals surface area contributed by atoms with Crippen LogP contribution in [-0.4, -0.2) is 26.3 Å². The number of thiazole rings is 1. The second kappa shape index (κ2) is 8.79. The Bertz CT molecular complexity index is 948. The molecule has 2 N–H and O–H groups in total. The third-order valence-corrected chi connectivity index (χ3v) is 5.11. The topological polar surface area (TPSA) is 88.9 Å². The van der Waals surface area contributed by atoms with Crippen LogP contribution in [0.1, 0.15) is 52.3 Å². The van der Waals surface area contributed by atoms with Gasteiger partial charge in [-0.1, -0.05) is 19.9 Å². The van der Waals surface area contributed by atoms with Gasteiger partial charge in [0.15, 0.2) is 0 Å². The van der Waals surface area contributed by atoms with E-state index >= 15 is 0 Å². The Morgan fingerprint density at radius 2 is 2.00 bits per heavy atom. The van der Waals surface area contributed by atoms with Crippen molar-refractivity contribution in [2.24, 2.45) is 13.0 Å². The molecule has 28 heavy (non-hydrogen) atoms. The molecule has 1 atom stereocenters. The van der Waals surface area contributed by atoms with Crippen LogP contribution in [0.2, 0.25) is 0 Å². The van der Waals surface area contributed by atoms with E-state index in [0.717, 1.165) is 6.42 Å². The molecular formula is C20H23N5O2S. The van der Waals surface area contributed by atoms with E-state index in [0.29, 0.717) is 28.1 Å². The monoisotopic (exact) mass is 397 g/mol. The number of rotatable bonds is 7. The summed E-state index contributed by atoms with van der Waals surface area (Å²) < 4.78 is 1.77. The summed E-state index contributed by atoms with van der Waals surface area (Å²) in [4.78, 5) is 33.6. The highest BCUT2D eigenvalue weighted by atomic mass is 32.1. The zero-order valence-corrected chi connectivity index (χ0v) is 16.9. The predicted octanol–water partition coefficient (Wildman–Crippen LogP) is 3.65. The molecule has 0 bridgehead atoms. The van der Waals surface area contributed by atoms with E-state index in [4.69, 9.17) is 0 Å². The van der Waals surface area contributed by atoms with Crippen LogP contribution in [0.15, 0.2) is 48.1 Å². The molecule has 0 fully saturated rings. The van der Waals surface area contributed by atoms with Crippen molar-refractivity contribution in [3.63, 3.8) is 0 Å². The number of amides is 2. The SMILES string of the molecule is CC(C)C[C@H](NC(=O)c1cccn1C)c1nc(C(=O)Nc2ccccn2)cs1. The molecule has 0 aliphatic heterocycles. The smallest absolute Gasteiger partial charge is 0.276 e. The summed E-state index contributed by atoms with van der Waals surface area (Å²) in [5.41, 5.74) is 0.894. The molecule has 0 saturated carbocycles. The maximum atomic E-state index is 12.6. The van der Waals surface area contributed by atoms with Gasteiger partial charge in [0.2, 0.25) is 0 Å². The quantitative estimate of drug-likeness (QED) is 0.637. The van der Waals surface area contributed by atoms with Gasteiger partial charge in [0.05, 0.1) is 6.04 Å². The summed E-state index contributed by atoms with van der Waals surface area (Å²) in [6.45, 7) is 4.17.